The van der Waals surface area contributed by atoms with Gasteiger partial charge >= 0.3 is 5.97 Å². The van der Waals surface area contributed by atoms with Crippen molar-refractivity contribution in [2.45, 2.75) is 33.0 Å². The number of carboxylic acids is 1. The van der Waals surface area contributed by atoms with Gasteiger partial charge in [0.15, 0.2) is 23.1 Å². The number of hydrogen-bond donors (Lipinski definition) is 1. The third-order valence-corrected chi connectivity index (χ3v) is 7.21. The molecule has 46 heavy (non-hydrogen) atoms. The van der Waals surface area contributed by atoms with E-state index in [0.29, 0.717) is 35.5 Å². The van der Waals surface area contributed by atoms with Gasteiger partial charge in [-0.3, -0.25) is 0 Å². The molecule has 0 fully saturated rings. The predicted octanol–water partition coefficient (Wildman–Crippen LogP) is 6.58. The second-order valence-electron chi connectivity index (χ2n) is 10.2. The molecule has 13 heteroatoms. The lowest BCUT2D eigenvalue weighted by atomic mass is 10.1. The number of benzene rings is 3. The maximum Gasteiger partial charge on any atom is 0.335 e. The summed E-state index contributed by atoms with van der Waals surface area (Å²) >= 11 is 0. The van der Waals surface area contributed by atoms with Crippen LogP contribution >= 0.6 is 0 Å². The number of carboxylic acid groups (broad SMARTS) is 1. The van der Waals surface area contributed by atoms with Gasteiger partial charge in [-0.15, -0.1) is 0 Å². The van der Waals surface area contributed by atoms with Gasteiger partial charge in [-0.1, -0.05) is 12.1 Å². The third-order valence-electron chi connectivity index (χ3n) is 7.21. The van der Waals surface area contributed by atoms with Crippen molar-refractivity contribution in [3.63, 3.8) is 0 Å². The molecule has 1 N–H and O–H groups in total. The highest BCUT2D eigenvalue weighted by molar-refractivity contribution is 5.92. The van der Waals surface area contributed by atoms with Crippen molar-refractivity contribution >= 4 is 22.7 Å². The molecule has 0 saturated heterocycles. The fourth-order valence-electron chi connectivity index (χ4n) is 4.89. The Morgan fingerprint density at radius 3 is 2.67 bits per heavy atom. The fraction of sp³-hybridized carbons (Fsp3) is 0.152. The molecule has 0 aliphatic heterocycles. The first-order chi connectivity index (χ1) is 22.3. The summed E-state index contributed by atoms with van der Waals surface area (Å²) in [4.78, 5) is 32.2. The number of aromatic nitrogens is 6. The molecule has 0 saturated carbocycles. The first kappa shape index (κ1) is 29.9. The van der Waals surface area contributed by atoms with Gasteiger partial charge in [0.2, 0.25) is 5.88 Å². The van der Waals surface area contributed by atoms with Crippen molar-refractivity contribution in [1.82, 2.24) is 29.1 Å². The van der Waals surface area contributed by atoms with Crippen LogP contribution in [0.5, 0.6) is 17.4 Å². The number of fused-ring (bicyclic) bond motifs is 1. The minimum absolute atomic E-state index is 0.0492. The van der Waals surface area contributed by atoms with Crippen molar-refractivity contribution in [2.75, 3.05) is 0 Å². The standard InChI is InChI=1S/C33H25F2N7O4/c1-3-41-19-37-16-23(41)17-42-28-12-21(33(43)44)5-8-27(28)39-31(42)13-20-4-7-24(15-25(20)34)46-32-10-11-38-30(40-32)18-45-29-9-6-22(36-2)14-26(29)35/h4-12,14-16,19H,3,13,17-18H2,1H3,(H,43,44). The average Bonchev–Trinajstić information content (AvgIpc) is 3.65. The smallest absolute Gasteiger partial charge is 0.335 e. The maximum atomic E-state index is 15.5. The molecule has 3 aromatic carbocycles. The lowest BCUT2D eigenvalue weighted by Crippen LogP contribution is -2.10. The Morgan fingerprint density at radius 2 is 1.91 bits per heavy atom. The van der Waals surface area contributed by atoms with E-state index < -0.39 is 17.6 Å². The molecular formula is C33H25F2N7O4. The summed E-state index contributed by atoms with van der Waals surface area (Å²) in [5.41, 5.74) is 2.74. The number of hydrogen-bond acceptors (Lipinski definition) is 7. The highest BCUT2D eigenvalue weighted by atomic mass is 19.1. The van der Waals surface area contributed by atoms with Crippen LogP contribution in [0.2, 0.25) is 0 Å². The molecule has 6 rings (SSSR count). The van der Waals surface area contributed by atoms with E-state index in [2.05, 4.69) is 19.8 Å². The summed E-state index contributed by atoms with van der Waals surface area (Å²) in [6.07, 6.45) is 5.03. The van der Waals surface area contributed by atoms with Crippen molar-refractivity contribution in [1.29, 1.82) is 0 Å². The molecule has 6 aromatic rings. The number of rotatable bonds is 11. The van der Waals surface area contributed by atoms with E-state index in [1.54, 1.807) is 36.8 Å². The monoisotopic (exact) mass is 621 g/mol. The third kappa shape index (κ3) is 6.36. The lowest BCUT2D eigenvalue weighted by Gasteiger charge is -2.12. The molecule has 3 heterocycles. The summed E-state index contributed by atoms with van der Waals surface area (Å²) in [7, 11) is 0. The predicted molar refractivity (Wildman–Crippen MR) is 162 cm³/mol. The average molecular weight is 622 g/mol. The molecule has 0 bridgehead atoms. The van der Waals surface area contributed by atoms with E-state index in [9.17, 15) is 14.3 Å². The number of aryl methyl sites for hydroxylation is 1. The Kier molecular flexibility index (Phi) is 8.34. The first-order valence-corrected chi connectivity index (χ1v) is 14.1. The second kappa shape index (κ2) is 12.8. The largest absolute Gasteiger partial charge is 0.483 e. The van der Waals surface area contributed by atoms with Crippen molar-refractivity contribution in [3.8, 4) is 17.4 Å². The molecule has 0 radical (unpaired) electrons. The number of nitrogens with zero attached hydrogens (tertiary/aromatic N) is 7. The topological polar surface area (TPSA) is 122 Å². The number of ether oxygens (including phenoxy) is 2. The summed E-state index contributed by atoms with van der Waals surface area (Å²) < 4.78 is 44.7. The van der Waals surface area contributed by atoms with E-state index in [1.807, 2.05) is 16.1 Å². The molecule has 0 aliphatic rings. The summed E-state index contributed by atoms with van der Waals surface area (Å²) in [5.74, 6) is -1.23. The van der Waals surface area contributed by atoms with Gasteiger partial charge < -0.3 is 23.7 Å². The molecular weight excluding hydrogens is 596 g/mol. The Morgan fingerprint density at radius 1 is 1.04 bits per heavy atom. The normalized spacial score (nSPS) is 11.0. The van der Waals surface area contributed by atoms with E-state index in [4.69, 9.17) is 21.0 Å². The van der Waals surface area contributed by atoms with Gasteiger partial charge in [0.1, 0.15) is 24.0 Å². The Hall–Kier alpha value is -6.16. The maximum absolute atomic E-state index is 15.5. The van der Waals surface area contributed by atoms with E-state index >= 15 is 4.39 Å². The highest BCUT2D eigenvalue weighted by Gasteiger charge is 2.18. The van der Waals surface area contributed by atoms with Gasteiger partial charge in [-0.25, -0.2) is 33.4 Å². The zero-order chi connectivity index (χ0) is 32.2. The highest BCUT2D eigenvalue weighted by Crippen LogP contribution is 2.27. The molecule has 0 atom stereocenters. The van der Waals surface area contributed by atoms with Crippen molar-refractivity contribution in [2.24, 2.45) is 0 Å². The zero-order valence-corrected chi connectivity index (χ0v) is 24.4. The van der Waals surface area contributed by atoms with Gasteiger partial charge in [0.05, 0.1) is 41.7 Å². The quantitative estimate of drug-likeness (QED) is 0.161. The Balaban J connectivity index is 1.21. The van der Waals surface area contributed by atoms with Gasteiger partial charge in [-0.2, -0.15) is 4.98 Å². The first-order valence-electron chi connectivity index (χ1n) is 14.1. The number of carbonyl (C=O) groups is 1. The van der Waals surface area contributed by atoms with E-state index in [1.165, 1.54) is 36.5 Å². The molecule has 0 amide bonds. The van der Waals surface area contributed by atoms with Crippen LogP contribution in [-0.4, -0.2) is 40.1 Å². The summed E-state index contributed by atoms with van der Waals surface area (Å²) in [6.45, 7) is 9.87. The van der Waals surface area contributed by atoms with Crippen LogP contribution < -0.4 is 9.47 Å². The minimum Gasteiger partial charge on any atom is -0.483 e. The SMILES string of the molecule is [C-]#[N+]c1ccc(OCc2nccc(Oc3ccc(Cc4nc5ccc(C(=O)O)cc5n4Cc4cncn4CC)c(F)c3)n2)c(F)c1. The van der Waals surface area contributed by atoms with Crippen molar-refractivity contribution < 1.29 is 28.2 Å². The van der Waals surface area contributed by atoms with Crippen LogP contribution in [0.25, 0.3) is 15.9 Å². The van der Waals surface area contributed by atoms with Crippen LogP contribution in [-0.2, 0) is 26.1 Å². The lowest BCUT2D eigenvalue weighted by molar-refractivity contribution is 0.0697. The van der Waals surface area contributed by atoms with Crippen LogP contribution in [0.4, 0.5) is 14.5 Å². The molecule has 0 spiro atoms. The molecule has 11 nitrogen and oxygen atoms in total. The second-order valence-corrected chi connectivity index (χ2v) is 10.2. The molecule has 0 aliphatic carbocycles. The van der Waals surface area contributed by atoms with E-state index in [-0.39, 0.29) is 47.5 Å². The van der Waals surface area contributed by atoms with Crippen molar-refractivity contribution in [3.05, 3.63) is 131 Å². The van der Waals surface area contributed by atoms with Gasteiger partial charge in [0.25, 0.3) is 0 Å². The van der Waals surface area contributed by atoms with Crippen LogP contribution in [0, 0.1) is 18.2 Å². The van der Waals surface area contributed by atoms with Crippen LogP contribution in [0.1, 0.15) is 40.2 Å². The number of aromatic carboxylic acids is 1. The zero-order valence-electron chi connectivity index (χ0n) is 24.4. The molecule has 0 unspecified atom stereocenters. The Labute approximate surface area is 261 Å². The van der Waals surface area contributed by atoms with Crippen LogP contribution in [0.3, 0.4) is 0 Å². The van der Waals surface area contributed by atoms with Gasteiger partial charge in [-0.05, 0) is 48.9 Å². The number of halogens is 2. The van der Waals surface area contributed by atoms with Crippen LogP contribution in [0.15, 0.2) is 79.4 Å². The molecule has 3 aromatic heterocycles. The Bertz CT molecular complexity index is 2120. The fourth-order valence-corrected chi connectivity index (χ4v) is 4.89. The van der Waals surface area contributed by atoms with Gasteiger partial charge in [0, 0.05) is 37.5 Å². The molecule has 230 valence electrons. The summed E-state index contributed by atoms with van der Waals surface area (Å²) in [5, 5.41) is 9.56. The summed E-state index contributed by atoms with van der Waals surface area (Å²) in [6, 6.07) is 14.5. The van der Waals surface area contributed by atoms with E-state index in [0.717, 1.165) is 11.8 Å². The minimum atomic E-state index is -1.05. The number of imidazole rings is 2.